The highest BCUT2D eigenvalue weighted by Crippen LogP contribution is 2.06. The Morgan fingerprint density at radius 1 is 1.29 bits per heavy atom. The van der Waals surface area contributed by atoms with Crippen molar-refractivity contribution in [1.82, 2.24) is 0 Å². The minimum Gasteiger partial charge on any atom is -0.423 e. The predicted molar refractivity (Wildman–Crippen MR) is 48.7 cm³/mol. The molecule has 1 rings (SSSR count). The van der Waals surface area contributed by atoms with Gasteiger partial charge in [0.1, 0.15) is 6.61 Å². The van der Waals surface area contributed by atoms with Crippen LogP contribution in [-0.2, 0) is 22.7 Å². The topological polar surface area (TPSA) is 62.4 Å². The molecular formula is C10H8N2O2. The van der Waals surface area contributed by atoms with Gasteiger partial charge in [-0.15, -0.1) is 0 Å². The standard InChI is InChI=1S/C10H8N2O2/c11-7-14-6-10-3-1-9(2-4-10)5-12-8-13/h1-4H,5-6H2. The summed E-state index contributed by atoms with van der Waals surface area (Å²) in [5.74, 6) is 0. The van der Waals surface area contributed by atoms with Gasteiger partial charge in [0.15, 0.2) is 0 Å². The molecule has 70 valence electrons. The Balaban J connectivity index is 2.59. The molecule has 0 aliphatic carbocycles. The van der Waals surface area contributed by atoms with Gasteiger partial charge in [-0.25, -0.2) is 9.79 Å². The number of nitrogens with zero attached hydrogens (tertiary/aromatic N) is 2. The van der Waals surface area contributed by atoms with Crippen molar-refractivity contribution in [2.75, 3.05) is 0 Å². The average Bonchev–Trinajstić information content (AvgIpc) is 2.25. The van der Waals surface area contributed by atoms with E-state index in [-0.39, 0.29) is 6.61 Å². The Morgan fingerprint density at radius 3 is 2.50 bits per heavy atom. The zero-order valence-electron chi connectivity index (χ0n) is 7.43. The number of hydrogen-bond donors (Lipinski definition) is 0. The molecule has 0 saturated carbocycles. The zero-order chi connectivity index (χ0) is 10.2. The molecule has 4 heteroatoms. The number of nitriles is 1. The molecule has 1 aromatic rings. The van der Waals surface area contributed by atoms with Crippen LogP contribution in [0.4, 0.5) is 0 Å². The van der Waals surface area contributed by atoms with Crippen LogP contribution in [0, 0.1) is 11.5 Å². The molecule has 1 aromatic carbocycles. The number of carbonyl (C=O) groups excluding carboxylic acids is 1. The Kier molecular flexibility index (Phi) is 3.93. The van der Waals surface area contributed by atoms with E-state index in [2.05, 4.69) is 9.73 Å². The van der Waals surface area contributed by atoms with E-state index in [1.54, 1.807) is 6.26 Å². The van der Waals surface area contributed by atoms with Gasteiger partial charge in [-0.2, -0.15) is 5.26 Å². The molecule has 0 radical (unpaired) electrons. The number of benzene rings is 1. The van der Waals surface area contributed by atoms with Gasteiger partial charge < -0.3 is 4.74 Å². The number of rotatable bonds is 4. The fourth-order valence-corrected chi connectivity index (χ4v) is 0.980. The summed E-state index contributed by atoms with van der Waals surface area (Å²) in [4.78, 5) is 13.3. The van der Waals surface area contributed by atoms with E-state index >= 15 is 0 Å². The second-order valence-electron chi connectivity index (χ2n) is 2.60. The van der Waals surface area contributed by atoms with Crippen molar-refractivity contribution in [2.24, 2.45) is 4.99 Å². The maximum Gasteiger partial charge on any atom is 0.286 e. The molecule has 0 unspecified atom stereocenters. The third kappa shape index (κ3) is 3.10. The highest BCUT2D eigenvalue weighted by molar-refractivity contribution is 5.34. The van der Waals surface area contributed by atoms with Crippen molar-refractivity contribution in [3.8, 4) is 6.26 Å². The molecule has 0 fully saturated rings. The first-order valence-electron chi connectivity index (χ1n) is 3.99. The van der Waals surface area contributed by atoms with Crippen molar-refractivity contribution >= 4 is 6.08 Å². The van der Waals surface area contributed by atoms with Crippen LogP contribution in [0.5, 0.6) is 0 Å². The minimum absolute atomic E-state index is 0.272. The first-order chi connectivity index (χ1) is 6.86. The summed E-state index contributed by atoms with van der Waals surface area (Å²) >= 11 is 0. The lowest BCUT2D eigenvalue weighted by molar-refractivity contribution is 0.257. The van der Waals surface area contributed by atoms with E-state index in [1.807, 2.05) is 24.3 Å². The van der Waals surface area contributed by atoms with Crippen molar-refractivity contribution in [1.29, 1.82) is 5.26 Å². The summed E-state index contributed by atoms with van der Waals surface area (Å²) in [6.07, 6.45) is 3.07. The molecule has 0 aromatic heterocycles. The summed E-state index contributed by atoms with van der Waals surface area (Å²) in [7, 11) is 0. The van der Waals surface area contributed by atoms with Crippen LogP contribution >= 0.6 is 0 Å². The van der Waals surface area contributed by atoms with Crippen LogP contribution in [0.3, 0.4) is 0 Å². The average molecular weight is 188 g/mol. The van der Waals surface area contributed by atoms with Crippen molar-refractivity contribution in [2.45, 2.75) is 13.2 Å². The van der Waals surface area contributed by atoms with Crippen molar-refractivity contribution in [3.05, 3.63) is 35.4 Å². The van der Waals surface area contributed by atoms with Gasteiger partial charge in [-0.05, 0) is 11.1 Å². The second kappa shape index (κ2) is 5.52. The maximum absolute atomic E-state index is 9.84. The zero-order valence-corrected chi connectivity index (χ0v) is 7.43. The molecule has 4 nitrogen and oxygen atoms in total. The van der Waals surface area contributed by atoms with Gasteiger partial charge in [0.05, 0.1) is 6.54 Å². The van der Waals surface area contributed by atoms with E-state index in [4.69, 9.17) is 5.26 Å². The van der Waals surface area contributed by atoms with Crippen LogP contribution < -0.4 is 0 Å². The third-order valence-electron chi connectivity index (χ3n) is 1.65. The van der Waals surface area contributed by atoms with E-state index in [0.717, 1.165) is 11.1 Å². The first kappa shape index (κ1) is 9.97. The highest BCUT2D eigenvalue weighted by atomic mass is 16.5. The van der Waals surface area contributed by atoms with Crippen molar-refractivity contribution < 1.29 is 9.53 Å². The predicted octanol–water partition coefficient (Wildman–Crippen LogP) is 1.52. The number of hydrogen-bond acceptors (Lipinski definition) is 4. The lowest BCUT2D eigenvalue weighted by atomic mass is 10.1. The van der Waals surface area contributed by atoms with Crippen LogP contribution in [0.15, 0.2) is 29.3 Å². The van der Waals surface area contributed by atoms with Gasteiger partial charge >= 0.3 is 0 Å². The molecule has 0 N–H and O–H groups in total. The summed E-state index contributed by atoms with van der Waals surface area (Å²) < 4.78 is 4.56. The normalized spacial score (nSPS) is 8.50. The van der Waals surface area contributed by atoms with Gasteiger partial charge in [0.2, 0.25) is 6.08 Å². The Morgan fingerprint density at radius 2 is 1.93 bits per heavy atom. The lowest BCUT2D eigenvalue weighted by Crippen LogP contribution is -1.88. The Labute approximate surface area is 81.5 Å². The lowest BCUT2D eigenvalue weighted by Gasteiger charge is -1.99. The molecule has 0 aliphatic heterocycles. The molecule has 0 aliphatic rings. The van der Waals surface area contributed by atoms with Crippen LogP contribution in [0.1, 0.15) is 11.1 Å². The summed E-state index contributed by atoms with van der Waals surface area (Å²) in [6, 6.07) is 7.31. The van der Waals surface area contributed by atoms with Crippen molar-refractivity contribution in [3.63, 3.8) is 0 Å². The SMILES string of the molecule is N#COCc1ccc(CN=C=O)cc1. The molecule has 0 atom stereocenters. The Hall–Kier alpha value is -2.11. The molecule has 0 bridgehead atoms. The number of isocyanates is 1. The highest BCUT2D eigenvalue weighted by Gasteiger charge is 1.94. The first-order valence-corrected chi connectivity index (χ1v) is 3.99. The molecular weight excluding hydrogens is 180 g/mol. The summed E-state index contributed by atoms with van der Waals surface area (Å²) in [6.45, 7) is 0.608. The quantitative estimate of drug-likeness (QED) is 0.409. The number of aliphatic imine (C=N–C) groups is 1. The smallest absolute Gasteiger partial charge is 0.286 e. The summed E-state index contributed by atoms with van der Waals surface area (Å²) in [5.41, 5.74) is 1.83. The molecule has 14 heavy (non-hydrogen) atoms. The van der Waals surface area contributed by atoms with E-state index in [1.165, 1.54) is 6.08 Å². The van der Waals surface area contributed by atoms with Crippen LogP contribution in [0.25, 0.3) is 0 Å². The largest absolute Gasteiger partial charge is 0.423 e. The molecule has 0 spiro atoms. The summed E-state index contributed by atoms with van der Waals surface area (Å²) in [5, 5.41) is 8.17. The fourth-order valence-electron chi connectivity index (χ4n) is 0.980. The van der Waals surface area contributed by atoms with Gasteiger partial charge in [0.25, 0.3) is 6.26 Å². The number of ether oxygens (including phenoxy) is 1. The molecule has 0 heterocycles. The second-order valence-corrected chi connectivity index (χ2v) is 2.60. The van der Waals surface area contributed by atoms with Gasteiger partial charge in [-0.1, -0.05) is 24.3 Å². The van der Waals surface area contributed by atoms with E-state index in [0.29, 0.717) is 6.54 Å². The fraction of sp³-hybridized carbons (Fsp3) is 0.200. The van der Waals surface area contributed by atoms with Crippen LogP contribution in [-0.4, -0.2) is 6.08 Å². The van der Waals surface area contributed by atoms with E-state index in [9.17, 15) is 4.79 Å². The van der Waals surface area contributed by atoms with Gasteiger partial charge in [0, 0.05) is 0 Å². The molecule has 0 amide bonds. The van der Waals surface area contributed by atoms with Gasteiger partial charge in [-0.3, -0.25) is 0 Å². The minimum atomic E-state index is 0.272. The monoisotopic (exact) mass is 188 g/mol. The van der Waals surface area contributed by atoms with E-state index < -0.39 is 0 Å². The molecule has 0 saturated heterocycles. The Bertz CT molecular complexity index is 372. The van der Waals surface area contributed by atoms with Crippen LogP contribution in [0.2, 0.25) is 0 Å². The third-order valence-corrected chi connectivity index (χ3v) is 1.65. The maximum atomic E-state index is 9.84.